The lowest BCUT2D eigenvalue weighted by molar-refractivity contribution is 0.364. The topological polar surface area (TPSA) is 24.1 Å². The fourth-order valence-corrected chi connectivity index (χ4v) is 2.76. The second-order valence-electron chi connectivity index (χ2n) is 5.86. The maximum Gasteiger partial charge on any atom is 0.0340 e. The summed E-state index contributed by atoms with van der Waals surface area (Å²) in [7, 11) is 0. The van der Waals surface area contributed by atoms with Crippen LogP contribution in [0.25, 0.3) is 0 Å². The van der Waals surface area contributed by atoms with Crippen LogP contribution in [0.15, 0.2) is 24.3 Å². The Bertz CT molecular complexity index is 352. The Hall–Kier alpha value is -1.02. The van der Waals surface area contributed by atoms with E-state index in [1.54, 1.807) is 0 Å². The summed E-state index contributed by atoms with van der Waals surface area (Å²) < 4.78 is 0. The van der Waals surface area contributed by atoms with E-state index in [1.807, 2.05) is 0 Å². The largest absolute Gasteiger partial charge is 0.385 e. The molecule has 2 heteroatoms. The van der Waals surface area contributed by atoms with E-state index in [9.17, 15) is 0 Å². The first-order valence-corrected chi connectivity index (χ1v) is 7.84. The standard InChI is InChI=1S/C17H28N2/c1-3-14(2)16-6-8-17(9-7-16)19-12-10-15-5-4-11-18-13-15/h6-9,14-15,18-19H,3-5,10-13H2,1-2H3. The molecular weight excluding hydrogens is 232 g/mol. The van der Waals surface area contributed by atoms with Gasteiger partial charge in [0, 0.05) is 12.2 Å². The number of nitrogens with one attached hydrogen (secondary N) is 2. The lowest BCUT2D eigenvalue weighted by atomic mass is 9.96. The summed E-state index contributed by atoms with van der Waals surface area (Å²) >= 11 is 0. The summed E-state index contributed by atoms with van der Waals surface area (Å²) in [6.45, 7) is 8.04. The fourth-order valence-electron chi connectivity index (χ4n) is 2.76. The molecule has 0 amide bonds. The van der Waals surface area contributed by atoms with Gasteiger partial charge in [0.05, 0.1) is 0 Å². The Balaban J connectivity index is 1.73. The molecule has 1 aromatic rings. The number of benzene rings is 1. The molecule has 1 aliphatic heterocycles. The van der Waals surface area contributed by atoms with Crippen molar-refractivity contribution >= 4 is 5.69 Å². The molecule has 0 spiro atoms. The summed E-state index contributed by atoms with van der Waals surface area (Å²) in [4.78, 5) is 0. The molecule has 0 aromatic heterocycles. The molecule has 1 aromatic carbocycles. The zero-order valence-electron chi connectivity index (χ0n) is 12.4. The maximum absolute atomic E-state index is 3.55. The molecule has 2 N–H and O–H groups in total. The average molecular weight is 260 g/mol. The molecule has 1 saturated heterocycles. The minimum Gasteiger partial charge on any atom is -0.385 e. The van der Waals surface area contributed by atoms with Gasteiger partial charge < -0.3 is 10.6 Å². The zero-order chi connectivity index (χ0) is 13.5. The third kappa shape index (κ3) is 4.54. The SMILES string of the molecule is CCC(C)c1ccc(NCCC2CCCNC2)cc1. The molecule has 1 fully saturated rings. The van der Waals surface area contributed by atoms with Gasteiger partial charge in [-0.3, -0.25) is 0 Å². The van der Waals surface area contributed by atoms with Gasteiger partial charge in [0.15, 0.2) is 0 Å². The lowest BCUT2D eigenvalue weighted by Crippen LogP contribution is -2.30. The van der Waals surface area contributed by atoms with Gasteiger partial charge in [-0.15, -0.1) is 0 Å². The van der Waals surface area contributed by atoms with Gasteiger partial charge in [-0.25, -0.2) is 0 Å². The fraction of sp³-hybridized carbons (Fsp3) is 0.647. The molecule has 1 heterocycles. The van der Waals surface area contributed by atoms with Crippen LogP contribution in [0.1, 0.15) is 51.0 Å². The third-order valence-corrected chi connectivity index (χ3v) is 4.37. The predicted octanol–water partition coefficient (Wildman–Crippen LogP) is 4.00. The van der Waals surface area contributed by atoms with Gasteiger partial charge in [-0.05, 0) is 68.3 Å². The summed E-state index contributed by atoms with van der Waals surface area (Å²) in [5.74, 6) is 1.53. The maximum atomic E-state index is 3.55. The molecule has 106 valence electrons. The number of rotatable bonds is 6. The Morgan fingerprint density at radius 3 is 2.74 bits per heavy atom. The molecule has 0 aliphatic carbocycles. The van der Waals surface area contributed by atoms with Crippen molar-refractivity contribution in [3.8, 4) is 0 Å². The van der Waals surface area contributed by atoms with E-state index in [-0.39, 0.29) is 0 Å². The van der Waals surface area contributed by atoms with E-state index < -0.39 is 0 Å². The van der Waals surface area contributed by atoms with E-state index in [2.05, 4.69) is 48.7 Å². The van der Waals surface area contributed by atoms with Crippen molar-refractivity contribution < 1.29 is 0 Å². The normalized spacial score (nSPS) is 21.1. The van der Waals surface area contributed by atoms with Gasteiger partial charge in [-0.2, -0.15) is 0 Å². The van der Waals surface area contributed by atoms with Crippen LogP contribution in [0, 0.1) is 5.92 Å². The molecule has 0 bridgehead atoms. The minimum absolute atomic E-state index is 0.669. The van der Waals surface area contributed by atoms with E-state index in [4.69, 9.17) is 0 Å². The third-order valence-electron chi connectivity index (χ3n) is 4.37. The first kappa shape index (κ1) is 14.4. The molecule has 0 radical (unpaired) electrons. The highest BCUT2D eigenvalue weighted by Gasteiger charge is 2.11. The molecule has 0 saturated carbocycles. The zero-order valence-corrected chi connectivity index (χ0v) is 12.4. The van der Waals surface area contributed by atoms with Crippen molar-refractivity contribution in [2.24, 2.45) is 5.92 Å². The van der Waals surface area contributed by atoms with E-state index in [0.717, 1.165) is 12.5 Å². The van der Waals surface area contributed by atoms with E-state index in [1.165, 1.54) is 50.0 Å². The Labute approximate surface area is 118 Å². The molecule has 19 heavy (non-hydrogen) atoms. The highest BCUT2D eigenvalue weighted by Crippen LogP contribution is 2.21. The van der Waals surface area contributed by atoms with Crippen LogP contribution in [0.4, 0.5) is 5.69 Å². The second-order valence-corrected chi connectivity index (χ2v) is 5.86. The van der Waals surface area contributed by atoms with Gasteiger partial charge in [0.25, 0.3) is 0 Å². The second kappa shape index (κ2) is 7.54. The van der Waals surface area contributed by atoms with E-state index in [0.29, 0.717) is 5.92 Å². The molecule has 1 aliphatic rings. The van der Waals surface area contributed by atoms with E-state index >= 15 is 0 Å². The molecule has 2 unspecified atom stereocenters. The van der Waals surface area contributed by atoms with Crippen molar-refractivity contribution in [2.75, 3.05) is 25.0 Å². The number of anilines is 1. The quantitative estimate of drug-likeness (QED) is 0.808. The lowest BCUT2D eigenvalue weighted by Gasteiger charge is -2.22. The highest BCUT2D eigenvalue weighted by molar-refractivity contribution is 5.45. The number of piperidine rings is 1. The van der Waals surface area contributed by atoms with Crippen LogP contribution in [0.3, 0.4) is 0 Å². The van der Waals surface area contributed by atoms with Crippen LogP contribution in [-0.2, 0) is 0 Å². The molecular formula is C17H28N2. The summed E-state index contributed by atoms with van der Waals surface area (Å²) in [5, 5.41) is 7.03. The Kier molecular flexibility index (Phi) is 5.71. The highest BCUT2D eigenvalue weighted by atomic mass is 14.9. The van der Waals surface area contributed by atoms with Crippen LogP contribution >= 0.6 is 0 Å². The van der Waals surface area contributed by atoms with Crippen LogP contribution in [0.2, 0.25) is 0 Å². The minimum atomic E-state index is 0.669. The molecule has 2 rings (SSSR count). The van der Waals surface area contributed by atoms with Gasteiger partial charge in [0.2, 0.25) is 0 Å². The van der Waals surface area contributed by atoms with Crippen LogP contribution in [-0.4, -0.2) is 19.6 Å². The van der Waals surface area contributed by atoms with Crippen molar-refractivity contribution in [3.05, 3.63) is 29.8 Å². The van der Waals surface area contributed by atoms with Crippen LogP contribution < -0.4 is 10.6 Å². The predicted molar refractivity (Wildman–Crippen MR) is 83.8 cm³/mol. The average Bonchev–Trinajstić information content (AvgIpc) is 2.48. The van der Waals surface area contributed by atoms with Crippen molar-refractivity contribution in [2.45, 2.75) is 45.4 Å². The van der Waals surface area contributed by atoms with Crippen molar-refractivity contribution in [3.63, 3.8) is 0 Å². The van der Waals surface area contributed by atoms with Crippen LogP contribution in [0.5, 0.6) is 0 Å². The number of hydrogen-bond donors (Lipinski definition) is 2. The smallest absolute Gasteiger partial charge is 0.0340 e. The molecule has 2 nitrogen and oxygen atoms in total. The summed E-state index contributed by atoms with van der Waals surface area (Å²) in [5.41, 5.74) is 2.71. The Morgan fingerprint density at radius 2 is 2.11 bits per heavy atom. The van der Waals surface area contributed by atoms with Gasteiger partial charge >= 0.3 is 0 Å². The Morgan fingerprint density at radius 1 is 1.32 bits per heavy atom. The monoisotopic (exact) mass is 260 g/mol. The van der Waals surface area contributed by atoms with Gasteiger partial charge in [-0.1, -0.05) is 26.0 Å². The first-order valence-electron chi connectivity index (χ1n) is 7.84. The van der Waals surface area contributed by atoms with Crippen molar-refractivity contribution in [1.29, 1.82) is 0 Å². The number of hydrogen-bond acceptors (Lipinski definition) is 2. The van der Waals surface area contributed by atoms with Gasteiger partial charge in [0.1, 0.15) is 0 Å². The summed E-state index contributed by atoms with van der Waals surface area (Å²) in [6.07, 6.45) is 5.22. The van der Waals surface area contributed by atoms with Crippen molar-refractivity contribution in [1.82, 2.24) is 5.32 Å². The summed E-state index contributed by atoms with van der Waals surface area (Å²) in [6, 6.07) is 8.97. The molecule has 2 atom stereocenters. The first-order chi connectivity index (χ1) is 9.29.